The molecule has 6 heteroatoms. The van der Waals surface area contributed by atoms with Gasteiger partial charge in [0.15, 0.2) is 6.10 Å². The minimum absolute atomic E-state index is 0.0604. The fraction of sp³-hybridized carbons (Fsp3) is 0.273. The Hall–Kier alpha value is -1.27. The van der Waals surface area contributed by atoms with Gasteiger partial charge in [-0.05, 0) is 17.7 Å². The number of carboxylic acids is 1. The molecule has 1 unspecified atom stereocenters. The summed E-state index contributed by atoms with van der Waals surface area (Å²) in [7, 11) is 0. The van der Waals surface area contributed by atoms with Crippen LogP contribution >= 0.6 is 15.9 Å². The number of carbonyl (C=O) groups excluding carboxylic acids is 1. The van der Waals surface area contributed by atoms with Crippen molar-refractivity contribution in [2.45, 2.75) is 12.5 Å². The zero-order valence-electron chi connectivity index (χ0n) is 8.69. The lowest BCUT2D eigenvalue weighted by Crippen LogP contribution is -2.13. The molecule has 0 saturated heterocycles. The van der Waals surface area contributed by atoms with Crippen LogP contribution in [-0.2, 0) is 16.0 Å². The van der Waals surface area contributed by atoms with E-state index in [2.05, 4.69) is 15.9 Å². The smallest absolute Gasteiger partial charge is 0.337 e. The molecule has 0 amide bonds. The van der Waals surface area contributed by atoms with Crippen LogP contribution in [0.2, 0.25) is 0 Å². The van der Waals surface area contributed by atoms with E-state index in [-0.39, 0.29) is 23.1 Å². The molecule has 92 valence electrons. The zero-order chi connectivity index (χ0) is 13.0. The summed E-state index contributed by atoms with van der Waals surface area (Å²) in [6.07, 6.45) is -1.86. The average Bonchev–Trinajstić information content (AvgIpc) is 2.30. The van der Waals surface area contributed by atoms with Crippen molar-refractivity contribution in [2.24, 2.45) is 0 Å². The molecule has 1 atom stereocenters. The van der Waals surface area contributed by atoms with Crippen molar-refractivity contribution in [1.82, 2.24) is 0 Å². The van der Waals surface area contributed by atoms with Gasteiger partial charge in [-0.1, -0.05) is 22.0 Å². The summed E-state index contributed by atoms with van der Waals surface area (Å²) in [6.45, 7) is 0. The van der Waals surface area contributed by atoms with Gasteiger partial charge in [0.05, 0.1) is 5.33 Å². The van der Waals surface area contributed by atoms with Crippen molar-refractivity contribution in [2.75, 3.05) is 5.33 Å². The molecule has 0 spiro atoms. The molecule has 0 bridgehead atoms. The highest BCUT2D eigenvalue weighted by Gasteiger charge is 2.20. The molecule has 0 fully saturated rings. The van der Waals surface area contributed by atoms with Gasteiger partial charge in [0, 0.05) is 12.0 Å². The molecular weight excluding hydrogens is 295 g/mol. The topological polar surface area (TPSA) is 74.6 Å². The van der Waals surface area contributed by atoms with Gasteiger partial charge in [0.2, 0.25) is 0 Å². The van der Waals surface area contributed by atoms with E-state index < -0.39 is 17.9 Å². The highest BCUT2D eigenvalue weighted by atomic mass is 79.9. The number of benzene rings is 1. The van der Waals surface area contributed by atoms with Crippen molar-refractivity contribution >= 4 is 27.7 Å². The molecule has 0 aliphatic heterocycles. The normalized spacial score (nSPS) is 12.2. The third-order valence-electron chi connectivity index (χ3n) is 2.14. The Kier molecular flexibility index (Phi) is 4.77. The summed E-state index contributed by atoms with van der Waals surface area (Å²) in [5.74, 6) is -2.46. The molecule has 2 N–H and O–H groups in total. The number of aliphatic hydroxyl groups excluding tert-OH is 1. The van der Waals surface area contributed by atoms with Crippen LogP contribution in [-0.4, -0.2) is 27.3 Å². The molecule has 17 heavy (non-hydrogen) atoms. The predicted molar refractivity (Wildman–Crippen MR) is 61.5 cm³/mol. The number of aliphatic carboxylic acids is 1. The number of carboxylic acid groups (broad SMARTS) is 1. The Balaban J connectivity index is 3.02. The van der Waals surface area contributed by atoms with Crippen LogP contribution < -0.4 is 0 Å². The second kappa shape index (κ2) is 5.88. The van der Waals surface area contributed by atoms with Crippen LogP contribution in [0.4, 0.5) is 4.39 Å². The fourth-order valence-electron chi connectivity index (χ4n) is 1.32. The molecule has 4 nitrogen and oxygen atoms in total. The number of rotatable bonds is 5. The van der Waals surface area contributed by atoms with Gasteiger partial charge in [0.1, 0.15) is 11.6 Å². The van der Waals surface area contributed by atoms with Gasteiger partial charge >= 0.3 is 5.97 Å². The minimum atomic E-state index is -1.92. The second-order valence-corrected chi connectivity index (χ2v) is 4.01. The third kappa shape index (κ3) is 3.61. The van der Waals surface area contributed by atoms with E-state index in [0.29, 0.717) is 5.56 Å². The van der Waals surface area contributed by atoms with Crippen molar-refractivity contribution in [3.63, 3.8) is 0 Å². The first kappa shape index (κ1) is 13.8. The molecule has 0 aliphatic carbocycles. The monoisotopic (exact) mass is 304 g/mol. The molecule has 0 heterocycles. The summed E-state index contributed by atoms with van der Waals surface area (Å²) >= 11 is 2.99. The van der Waals surface area contributed by atoms with Gasteiger partial charge in [0.25, 0.3) is 0 Å². The van der Waals surface area contributed by atoms with Crippen LogP contribution in [0.5, 0.6) is 0 Å². The maximum absolute atomic E-state index is 13.3. The largest absolute Gasteiger partial charge is 0.479 e. The number of halogens is 2. The predicted octanol–water partition coefficient (Wildman–Crippen LogP) is 1.45. The summed E-state index contributed by atoms with van der Waals surface area (Å²) in [5.41, 5.74) is 0.128. The van der Waals surface area contributed by atoms with Crippen molar-refractivity contribution < 1.29 is 24.2 Å². The number of carbonyl (C=O) groups is 2. The second-order valence-electron chi connectivity index (χ2n) is 3.45. The van der Waals surface area contributed by atoms with Crippen LogP contribution in [0, 0.1) is 5.82 Å². The van der Waals surface area contributed by atoms with Gasteiger partial charge in [-0.3, -0.25) is 4.79 Å². The maximum Gasteiger partial charge on any atom is 0.337 e. The number of alkyl halides is 1. The Bertz CT molecular complexity index is 447. The van der Waals surface area contributed by atoms with E-state index in [0.717, 1.165) is 6.07 Å². The standard InChI is InChI=1S/C11H10BrFO4/c12-5-7(14)3-6-1-2-9(13)8(4-6)10(15)11(16)17/h1-2,4,10,15H,3,5H2,(H,16,17). The fourth-order valence-corrected chi connectivity index (χ4v) is 1.52. The van der Waals surface area contributed by atoms with E-state index in [4.69, 9.17) is 5.11 Å². The Morgan fingerprint density at radius 3 is 2.59 bits per heavy atom. The lowest BCUT2D eigenvalue weighted by atomic mass is 10.0. The molecular formula is C11H10BrFO4. The Morgan fingerprint density at radius 2 is 2.06 bits per heavy atom. The summed E-state index contributed by atoms with van der Waals surface area (Å²) in [6, 6.07) is 3.61. The number of aliphatic hydroxyl groups is 1. The van der Waals surface area contributed by atoms with E-state index in [1.807, 2.05) is 0 Å². The quantitative estimate of drug-likeness (QED) is 0.808. The summed E-state index contributed by atoms with van der Waals surface area (Å²) < 4.78 is 13.3. The van der Waals surface area contributed by atoms with E-state index in [9.17, 15) is 19.1 Å². The number of hydrogen-bond acceptors (Lipinski definition) is 3. The Morgan fingerprint density at radius 1 is 1.41 bits per heavy atom. The van der Waals surface area contributed by atoms with E-state index in [1.54, 1.807) is 0 Å². The number of hydrogen-bond donors (Lipinski definition) is 2. The first-order chi connectivity index (χ1) is 7.95. The highest BCUT2D eigenvalue weighted by molar-refractivity contribution is 9.09. The van der Waals surface area contributed by atoms with Gasteiger partial charge in [-0.25, -0.2) is 9.18 Å². The molecule has 0 radical (unpaired) electrons. The lowest BCUT2D eigenvalue weighted by Gasteiger charge is -2.09. The maximum atomic E-state index is 13.3. The van der Waals surface area contributed by atoms with Crippen molar-refractivity contribution in [3.8, 4) is 0 Å². The van der Waals surface area contributed by atoms with E-state index in [1.165, 1.54) is 12.1 Å². The van der Waals surface area contributed by atoms with Gasteiger partial charge in [-0.15, -0.1) is 0 Å². The molecule has 0 aromatic heterocycles. The average molecular weight is 305 g/mol. The highest BCUT2D eigenvalue weighted by Crippen LogP contribution is 2.19. The Labute approximate surface area is 105 Å². The first-order valence-electron chi connectivity index (χ1n) is 4.72. The van der Waals surface area contributed by atoms with E-state index >= 15 is 0 Å². The lowest BCUT2D eigenvalue weighted by molar-refractivity contribution is -0.147. The molecule has 1 aromatic carbocycles. The van der Waals surface area contributed by atoms with Crippen LogP contribution in [0.15, 0.2) is 18.2 Å². The van der Waals surface area contributed by atoms with Crippen LogP contribution in [0.25, 0.3) is 0 Å². The summed E-state index contributed by atoms with van der Waals surface area (Å²) in [4.78, 5) is 21.7. The number of Topliss-reactive ketones (excluding diaryl/α,β-unsaturated/α-hetero) is 1. The summed E-state index contributed by atoms with van der Waals surface area (Å²) in [5, 5.41) is 18.0. The molecule has 0 saturated carbocycles. The van der Waals surface area contributed by atoms with Crippen molar-refractivity contribution in [3.05, 3.63) is 35.1 Å². The van der Waals surface area contributed by atoms with Crippen molar-refractivity contribution in [1.29, 1.82) is 0 Å². The van der Waals surface area contributed by atoms with Gasteiger partial charge < -0.3 is 10.2 Å². The first-order valence-corrected chi connectivity index (χ1v) is 5.84. The zero-order valence-corrected chi connectivity index (χ0v) is 10.3. The SMILES string of the molecule is O=C(CBr)Cc1ccc(F)c(C(O)C(=O)O)c1. The minimum Gasteiger partial charge on any atom is -0.479 e. The van der Waals surface area contributed by atoms with Crippen LogP contribution in [0.1, 0.15) is 17.2 Å². The molecule has 1 aromatic rings. The molecule has 1 rings (SSSR count). The number of ketones is 1. The van der Waals surface area contributed by atoms with Crippen LogP contribution in [0.3, 0.4) is 0 Å². The van der Waals surface area contributed by atoms with Gasteiger partial charge in [-0.2, -0.15) is 0 Å². The molecule has 0 aliphatic rings. The third-order valence-corrected chi connectivity index (χ3v) is 2.76.